The van der Waals surface area contributed by atoms with Gasteiger partial charge in [0.05, 0.1) is 51.0 Å². The Morgan fingerprint density at radius 3 is 1.51 bits per heavy atom. The van der Waals surface area contributed by atoms with Gasteiger partial charge in [0.2, 0.25) is 0 Å². The number of hydrogen-bond donors (Lipinski definition) is 1. The topological polar surface area (TPSA) is 115 Å². The van der Waals surface area contributed by atoms with Crippen LogP contribution in [0.1, 0.15) is 65.2 Å². The summed E-state index contributed by atoms with van der Waals surface area (Å²) in [4.78, 5) is 45.7. The molecule has 2 amide bonds. The normalized spacial score (nSPS) is 13.3. The Kier molecular flexibility index (Phi) is 10.2. The zero-order valence-electron chi connectivity index (χ0n) is 27.1. The fourth-order valence-corrected chi connectivity index (χ4v) is 6.58. The number of halogens is 2. The van der Waals surface area contributed by atoms with E-state index in [4.69, 9.17) is 38.9 Å². The maximum Gasteiger partial charge on any atom is 0.262 e. The third kappa shape index (κ3) is 6.69. The molecule has 0 saturated carbocycles. The van der Waals surface area contributed by atoms with Crippen molar-refractivity contribution >= 4 is 56.8 Å². The second-order valence-electron chi connectivity index (χ2n) is 11.9. The van der Waals surface area contributed by atoms with Gasteiger partial charge in [0.15, 0.2) is 0 Å². The number of fused-ring (bicyclic) bond motifs is 3. The van der Waals surface area contributed by atoms with E-state index in [1.54, 1.807) is 42.7 Å². The van der Waals surface area contributed by atoms with E-state index in [2.05, 4.69) is 9.97 Å². The first kappa shape index (κ1) is 35.3. The van der Waals surface area contributed by atoms with Crippen LogP contribution in [0.5, 0.6) is 0 Å². The number of benzene rings is 3. The highest BCUT2D eigenvalue weighted by Crippen LogP contribution is 2.37. The summed E-state index contributed by atoms with van der Waals surface area (Å²) in [6.07, 6.45) is 3.44. The molecule has 0 fully saturated rings. The van der Waals surface area contributed by atoms with Crippen molar-refractivity contribution in [2.45, 2.75) is 33.4 Å². The molecule has 0 spiro atoms. The molecule has 1 aliphatic heterocycles. The van der Waals surface area contributed by atoms with Gasteiger partial charge in [0.1, 0.15) is 0 Å². The first-order valence-corrected chi connectivity index (χ1v) is 16.7. The van der Waals surface area contributed by atoms with Gasteiger partial charge in [-0.2, -0.15) is 0 Å². The number of amides is 2. The number of nitrogens with two attached hydrogens (primary N) is 1. The molecule has 0 bridgehead atoms. The second-order valence-corrected chi connectivity index (χ2v) is 12.7. The first-order valence-electron chi connectivity index (χ1n) is 16.0. The first-order chi connectivity index (χ1) is 24.2. The number of nitrogens with zero attached hydrogens (tertiary/aromatic N) is 5. The Morgan fingerprint density at radius 1 is 0.608 bits per heavy atom. The number of carbonyl (C=O) groups is 2. The number of pyridine rings is 4. The zero-order chi connectivity index (χ0) is 34.9. The average molecular weight is 714 g/mol. The molecule has 254 valence electrons. The average Bonchev–Trinajstić information content (AvgIpc) is 3.40. The molecule has 10 heteroatoms. The van der Waals surface area contributed by atoms with Gasteiger partial charge in [0, 0.05) is 44.8 Å². The summed E-state index contributed by atoms with van der Waals surface area (Å²) >= 11 is 12.7. The number of aromatic nitrogens is 4. The highest BCUT2D eigenvalue weighted by Gasteiger charge is 2.39. The van der Waals surface area contributed by atoms with Gasteiger partial charge >= 0.3 is 0 Å². The van der Waals surface area contributed by atoms with Crippen LogP contribution in [0.4, 0.5) is 0 Å². The molecule has 0 saturated heterocycles. The van der Waals surface area contributed by atoms with Crippen LogP contribution in [0.3, 0.4) is 0 Å². The predicted molar refractivity (Wildman–Crippen MR) is 205 cm³/mol. The molecule has 3 aromatic carbocycles. The van der Waals surface area contributed by atoms with Gasteiger partial charge in [-0.25, -0.2) is 9.97 Å². The van der Waals surface area contributed by atoms with Gasteiger partial charge in [-0.05, 0) is 92.2 Å². The van der Waals surface area contributed by atoms with E-state index in [-0.39, 0.29) is 25.3 Å². The molecule has 7 aromatic rings. The summed E-state index contributed by atoms with van der Waals surface area (Å²) < 4.78 is 0. The number of rotatable bonds is 5. The Balaban J connectivity index is 0.000000186. The van der Waals surface area contributed by atoms with Gasteiger partial charge in [-0.15, -0.1) is 0 Å². The van der Waals surface area contributed by atoms with Gasteiger partial charge in [-0.1, -0.05) is 67.0 Å². The minimum Gasteiger partial charge on any atom is -0.324 e. The van der Waals surface area contributed by atoms with E-state index in [0.29, 0.717) is 38.1 Å². The monoisotopic (exact) mass is 712 g/mol. The van der Waals surface area contributed by atoms with Crippen LogP contribution in [0.15, 0.2) is 122 Å². The Hall–Kier alpha value is -5.54. The van der Waals surface area contributed by atoms with Crippen molar-refractivity contribution in [3.8, 4) is 22.8 Å². The molecule has 5 heterocycles. The van der Waals surface area contributed by atoms with Crippen LogP contribution in [0.25, 0.3) is 44.6 Å². The van der Waals surface area contributed by atoms with E-state index < -0.39 is 6.04 Å². The molecular weight excluding hydrogens is 679 g/mol. The predicted octanol–water partition coefficient (Wildman–Crippen LogP) is 9.91. The van der Waals surface area contributed by atoms with E-state index in [0.717, 1.165) is 38.8 Å². The summed E-state index contributed by atoms with van der Waals surface area (Å²) in [7, 11) is 0. The van der Waals surface area contributed by atoms with Crippen molar-refractivity contribution < 1.29 is 9.59 Å². The summed E-state index contributed by atoms with van der Waals surface area (Å²) in [6.45, 7) is 3.76. The summed E-state index contributed by atoms with van der Waals surface area (Å²) in [6, 6.07) is 32.6. The van der Waals surface area contributed by atoms with Crippen LogP contribution in [0, 0.1) is 0 Å². The second kappa shape index (κ2) is 14.7. The highest BCUT2D eigenvalue weighted by molar-refractivity contribution is 6.35. The van der Waals surface area contributed by atoms with Gasteiger partial charge in [0.25, 0.3) is 11.8 Å². The molecule has 0 radical (unpaired) electrons. The van der Waals surface area contributed by atoms with Crippen molar-refractivity contribution in [1.29, 1.82) is 0 Å². The van der Waals surface area contributed by atoms with Crippen molar-refractivity contribution in [1.82, 2.24) is 24.8 Å². The zero-order valence-corrected chi connectivity index (χ0v) is 28.6. The van der Waals surface area contributed by atoms with Crippen molar-refractivity contribution in [3.63, 3.8) is 0 Å². The summed E-state index contributed by atoms with van der Waals surface area (Å²) in [5.74, 6) is -0.622. The van der Waals surface area contributed by atoms with Gasteiger partial charge < -0.3 is 5.73 Å². The Bertz CT molecular complexity index is 2370. The molecule has 2 unspecified atom stereocenters. The van der Waals surface area contributed by atoms with E-state index in [9.17, 15) is 9.59 Å². The third-order valence-corrected chi connectivity index (χ3v) is 9.30. The van der Waals surface area contributed by atoms with Crippen LogP contribution in [-0.2, 0) is 0 Å². The lowest BCUT2D eigenvalue weighted by molar-refractivity contribution is 0.0595. The highest BCUT2D eigenvalue weighted by atomic mass is 35.5. The quantitative estimate of drug-likeness (QED) is 0.177. The van der Waals surface area contributed by atoms with Crippen molar-refractivity contribution in [2.24, 2.45) is 5.73 Å². The standard InChI is InChI=1S/C24H16ClN3O2.C16H14ClN3.CH4/c1-14(28-23(29)15-7-2-3-8-16(15)24(28)30)17-13-18-19(25)9-6-11-20(18)27-22(17)21-10-4-5-12-26-21;1-10(18)11-9-12-13(17)5-4-7-14(12)20-16(11)15-6-2-3-8-19-15;/h2-14H,1H3;2-10H,18H2,1H3;1H4. The SMILES string of the molecule is C.CC(N)c1cc2c(Cl)cccc2nc1-c1ccccn1.CC(c1cc2c(Cl)cccc2nc1-c1ccccn1)N1C(=O)c2ccccc2C1=O. The summed E-state index contributed by atoms with van der Waals surface area (Å²) in [5, 5.41) is 2.92. The summed E-state index contributed by atoms with van der Waals surface area (Å²) in [5.41, 5.74) is 13.1. The van der Waals surface area contributed by atoms with Crippen LogP contribution < -0.4 is 5.73 Å². The van der Waals surface area contributed by atoms with Crippen LogP contribution >= 0.6 is 23.2 Å². The number of carbonyl (C=O) groups excluding carboxylic acids is 2. The van der Waals surface area contributed by atoms with E-state index in [1.807, 2.05) is 92.7 Å². The molecule has 2 N–H and O–H groups in total. The molecule has 8 nitrogen and oxygen atoms in total. The Labute approximate surface area is 305 Å². The van der Waals surface area contributed by atoms with Crippen molar-refractivity contribution in [3.05, 3.63) is 154 Å². The van der Waals surface area contributed by atoms with E-state index in [1.165, 1.54) is 4.90 Å². The van der Waals surface area contributed by atoms with Crippen LogP contribution in [0.2, 0.25) is 10.0 Å². The number of imide groups is 1. The molecule has 2 atom stereocenters. The van der Waals surface area contributed by atoms with Crippen LogP contribution in [-0.4, -0.2) is 36.7 Å². The fraction of sp³-hybridized carbons (Fsp3) is 0.122. The molecule has 1 aliphatic rings. The molecule has 8 rings (SSSR count). The van der Waals surface area contributed by atoms with Crippen molar-refractivity contribution in [2.75, 3.05) is 0 Å². The third-order valence-electron chi connectivity index (χ3n) is 8.64. The lowest BCUT2D eigenvalue weighted by Crippen LogP contribution is -2.33. The largest absolute Gasteiger partial charge is 0.324 e. The van der Waals surface area contributed by atoms with Gasteiger partial charge in [-0.3, -0.25) is 24.5 Å². The van der Waals surface area contributed by atoms with E-state index >= 15 is 0 Å². The maximum atomic E-state index is 13.0. The molecule has 4 aromatic heterocycles. The molecular formula is C41H34Cl2N6O2. The Morgan fingerprint density at radius 2 is 1.06 bits per heavy atom. The fourth-order valence-electron chi connectivity index (χ4n) is 6.13. The molecule has 51 heavy (non-hydrogen) atoms. The number of hydrogen-bond acceptors (Lipinski definition) is 7. The minimum absolute atomic E-state index is 0. The molecule has 0 aliphatic carbocycles. The minimum atomic E-state index is -0.553. The lowest BCUT2D eigenvalue weighted by Gasteiger charge is -2.25. The maximum absolute atomic E-state index is 13.0. The smallest absolute Gasteiger partial charge is 0.262 e. The lowest BCUT2D eigenvalue weighted by atomic mass is 10.00.